The Kier molecular flexibility index (Phi) is 7.40. The molecule has 0 aliphatic heterocycles. The van der Waals surface area contributed by atoms with Gasteiger partial charge < -0.3 is 14.8 Å². The molecule has 3 aromatic rings. The average Bonchev–Trinajstić information content (AvgIpc) is 3.20. The Morgan fingerprint density at radius 3 is 2.39 bits per heavy atom. The lowest BCUT2D eigenvalue weighted by molar-refractivity contribution is 0.293. The third kappa shape index (κ3) is 5.99. The summed E-state index contributed by atoms with van der Waals surface area (Å²) in [6.45, 7) is 5.31. The van der Waals surface area contributed by atoms with E-state index < -0.39 is 0 Å². The van der Waals surface area contributed by atoms with Crippen LogP contribution in [-0.2, 0) is 25.7 Å². The summed E-state index contributed by atoms with van der Waals surface area (Å²) in [4.78, 5) is 24.7. The van der Waals surface area contributed by atoms with E-state index >= 15 is 0 Å². The van der Waals surface area contributed by atoms with Gasteiger partial charge in [-0.1, -0.05) is 60.7 Å². The van der Waals surface area contributed by atoms with Crippen LogP contribution < -0.4 is 10.5 Å². The third-order valence-corrected chi connectivity index (χ3v) is 6.55. The molecule has 0 spiro atoms. The lowest BCUT2D eigenvalue weighted by Crippen LogP contribution is -2.43. The van der Waals surface area contributed by atoms with Crippen LogP contribution in [0, 0.1) is 5.92 Å². The van der Waals surface area contributed by atoms with Crippen molar-refractivity contribution in [1.82, 2.24) is 14.9 Å². The van der Waals surface area contributed by atoms with Crippen LogP contribution in [-0.4, -0.2) is 48.1 Å². The second kappa shape index (κ2) is 10.6. The van der Waals surface area contributed by atoms with Crippen molar-refractivity contribution in [2.45, 2.75) is 31.7 Å². The summed E-state index contributed by atoms with van der Waals surface area (Å²) in [5, 5.41) is 0. The molecule has 172 valence electrons. The number of likely N-dealkylation sites (N-methyl/N-ethyl adjacent to an activating group) is 1. The minimum absolute atomic E-state index is 0.187. The number of anilines is 1. The standard InChI is InChI=1S/C28H34N4O/c1-4-14-32(20-26(31(2)3)18-21-10-6-5-7-11-21)28-29-25(19-27(33)30-28)17-22-15-23-12-8-9-13-24(23)16-22/h4-13,19,22,26H,1,14-18,20H2,2-3H3,(H,29,30,33)/t26-/m0/s1. The van der Waals surface area contributed by atoms with E-state index in [9.17, 15) is 4.79 Å². The molecule has 1 aromatic heterocycles. The van der Waals surface area contributed by atoms with Crippen molar-refractivity contribution in [3.8, 4) is 0 Å². The Morgan fingerprint density at radius 1 is 1.09 bits per heavy atom. The minimum Gasteiger partial charge on any atom is -0.337 e. The zero-order valence-electron chi connectivity index (χ0n) is 19.7. The Bertz CT molecular complexity index is 1100. The van der Waals surface area contributed by atoms with Crippen molar-refractivity contribution in [3.05, 3.63) is 106 Å². The molecule has 0 saturated heterocycles. The van der Waals surface area contributed by atoms with Gasteiger partial charge in [0, 0.05) is 30.9 Å². The molecule has 1 heterocycles. The number of hydrogen-bond acceptors (Lipinski definition) is 4. The quantitative estimate of drug-likeness (QED) is 0.484. The van der Waals surface area contributed by atoms with Crippen molar-refractivity contribution in [1.29, 1.82) is 0 Å². The molecule has 5 heteroatoms. The highest BCUT2D eigenvalue weighted by Crippen LogP contribution is 2.28. The third-order valence-electron chi connectivity index (χ3n) is 6.55. The van der Waals surface area contributed by atoms with E-state index in [1.54, 1.807) is 6.07 Å². The predicted octanol–water partition coefficient (Wildman–Crippen LogP) is 3.89. The molecule has 0 radical (unpaired) electrons. The normalized spacial score (nSPS) is 14.3. The maximum atomic E-state index is 12.5. The number of hydrogen-bond donors (Lipinski definition) is 1. The van der Waals surface area contributed by atoms with E-state index in [4.69, 9.17) is 0 Å². The summed E-state index contributed by atoms with van der Waals surface area (Å²) in [5.41, 5.74) is 4.93. The topological polar surface area (TPSA) is 52.2 Å². The van der Waals surface area contributed by atoms with Crippen molar-refractivity contribution in [2.75, 3.05) is 32.1 Å². The van der Waals surface area contributed by atoms with E-state index in [1.807, 2.05) is 12.1 Å². The molecule has 33 heavy (non-hydrogen) atoms. The lowest BCUT2D eigenvalue weighted by atomic mass is 10.00. The molecule has 1 N–H and O–H groups in total. The zero-order valence-corrected chi connectivity index (χ0v) is 19.7. The first kappa shape index (κ1) is 23.0. The Hall–Kier alpha value is -3.18. The highest BCUT2D eigenvalue weighted by molar-refractivity contribution is 5.35. The first-order valence-corrected chi connectivity index (χ1v) is 11.7. The molecule has 4 rings (SSSR count). The molecular weight excluding hydrogens is 408 g/mol. The summed E-state index contributed by atoms with van der Waals surface area (Å²) in [6.07, 6.45) is 5.77. The van der Waals surface area contributed by atoms with Crippen LogP contribution in [0.1, 0.15) is 22.4 Å². The summed E-state index contributed by atoms with van der Waals surface area (Å²) in [7, 11) is 4.20. The van der Waals surface area contributed by atoms with Gasteiger partial charge in [-0.15, -0.1) is 6.58 Å². The summed E-state index contributed by atoms with van der Waals surface area (Å²) in [5.74, 6) is 1.14. The van der Waals surface area contributed by atoms with Gasteiger partial charge in [-0.05, 0) is 62.4 Å². The average molecular weight is 443 g/mol. The van der Waals surface area contributed by atoms with Crippen LogP contribution in [0.15, 0.2) is 78.1 Å². The van der Waals surface area contributed by atoms with Crippen molar-refractivity contribution in [3.63, 3.8) is 0 Å². The van der Waals surface area contributed by atoms with Crippen LogP contribution in [0.4, 0.5) is 5.95 Å². The Labute approximate surface area is 196 Å². The molecule has 2 aromatic carbocycles. The van der Waals surface area contributed by atoms with E-state index in [2.05, 4.69) is 89.0 Å². The monoisotopic (exact) mass is 442 g/mol. The highest BCUT2D eigenvalue weighted by Gasteiger charge is 2.23. The molecule has 0 bridgehead atoms. The molecular formula is C28H34N4O. The van der Waals surface area contributed by atoms with Gasteiger partial charge in [-0.25, -0.2) is 0 Å². The molecule has 0 unspecified atom stereocenters. The van der Waals surface area contributed by atoms with Crippen molar-refractivity contribution in [2.24, 2.45) is 5.92 Å². The van der Waals surface area contributed by atoms with Crippen LogP contribution in [0.2, 0.25) is 0 Å². The van der Waals surface area contributed by atoms with Gasteiger partial charge in [0.1, 0.15) is 0 Å². The number of aromatic nitrogens is 2. The highest BCUT2D eigenvalue weighted by atomic mass is 16.1. The SMILES string of the molecule is C=CCN(C[C@H](Cc1ccccc1)N(C)C)c1nc(=O)cc(CC2Cc3ccccc3C2)[nH]1. The number of rotatable bonds is 10. The number of nitrogens with zero attached hydrogens (tertiary/aromatic N) is 3. The molecule has 1 aliphatic carbocycles. The van der Waals surface area contributed by atoms with Crippen molar-refractivity contribution >= 4 is 5.95 Å². The van der Waals surface area contributed by atoms with Crippen LogP contribution in [0.5, 0.6) is 0 Å². The first-order chi connectivity index (χ1) is 16.0. The second-order valence-corrected chi connectivity index (χ2v) is 9.32. The zero-order chi connectivity index (χ0) is 23.2. The molecule has 0 amide bonds. The number of benzene rings is 2. The van der Waals surface area contributed by atoms with Gasteiger partial charge in [0.05, 0.1) is 0 Å². The Balaban J connectivity index is 1.51. The first-order valence-electron chi connectivity index (χ1n) is 11.7. The van der Waals surface area contributed by atoms with E-state index in [-0.39, 0.29) is 11.6 Å². The minimum atomic E-state index is -0.187. The fourth-order valence-electron chi connectivity index (χ4n) is 4.81. The van der Waals surface area contributed by atoms with Crippen molar-refractivity contribution < 1.29 is 0 Å². The maximum Gasteiger partial charge on any atom is 0.274 e. The van der Waals surface area contributed by atoms with Gasteiger partial charge in [-0.3, -0.25) is 4.79 Å². The van der Waals surface area contributed by atoms with Gasteiger partial charge in [0.25, 0.3) is 5.56 Å². The van der Waals surface area contributed by atoms with Gasteiger partial charge in [0.2, 0.25) is 5.95 Å². The molecule has 0 saturated carbocycles. The Morgan fingerprint density at radius 2 is 1.76 bits per heavy atom. The molecule has 1 aliphatic rings. The van der Waals surface area contributed by atoms with Gasteiger partial charge in [0.15, 0.2) is 0 Å². The van der Waals surface area contributed by atoms with Crippen LogP contribution in [0.25, 0.3) is 0 Å². The number of aromatic amines is 1. The van der Waals surface area contributed by atoms with E-state index in [1.165, 1.54) is 16.7 Å². The molecule has 0 fully saturated rings. The number of nitrogens with one attached hydrogen (secondary N) is 1. The molecule has 1 atom stereocenters. The number of fused-ring (bicyclic) bond motifs is 1. The second-order valence-electron chi connectivity index (χ2n) is 9.32. The summed E-state index contributed by atoms with van der Waals surface area (Å²) < 4.78 is 0. The van der Waals surface area contributed by atoms with Gasteiger partial charge >= 0.3 is 0 Å². The van der Waals surface area contributed by atoms with E-state index in [0.29, 0.717) is 18.4 Å². The van der Waals surface area contributed by atoms with Crippen LogP contribution in [0.3, 0.4) is 0 Å². The maximum absolute atomic E-state index is 12.5. The molecule has 5 nitrogen and oxygen atoms in total. The summed E-state index contributed by atoms with van der Waals surface area (Å²) in [6, 6.07) is 21.1. The fraction of sp³-hybridized carbons (Fsp3) is 0.357. The van der Waals surface area contributed by atoms with E-state index in [0.717, 1.165) is 37.9 Å². The lowest BCUT2D eigenvalue weighted by Gasteiger charge is -2.31. The van der Waals surface area contributed by atoms with Crippen LogP contribution >= 0.6 is 0 Å². The number of H-pyrrole nitrogens is 1. The van der Waals surface area contributed by atoms with Gasteiger partial charge in [-0.2, -0.15) is 4.98 Å². The largest absolute Gasteiger partial charge is 0.337 e. The summed E-state index contributed by atoms with van der Waals surface area (Å²) >= 11 is 0. The predicted molar refractivity (Wildman–Crippen MR) is 136 cm³/mol. The smallest absolute Gasteiger partial charge is 0.274 e. The fourth-order valence-corrected chi connectivity index (χ4v) is 4.81.